The van der Waals surface area contributed by atoms with Crippen LogP contribution < -0.4 is 0 Å². The van der Waals surface area contributed by atoms with Crippen molar-refractivity contribution in [2.45, 2.75) is 32.0 Å². The fraction of sp³-hybridized carbons (Fsp3) is 1.00. The molecule has 2 rings (SSSR count). The van der Waals surface area contributed by atoms with E-state index in [0.717, 1.165) is 0 Å². The zero-order valence-corrected chi connectivity index (χ0v) is 9.01. The molecule has 6 heteroatoms. The molecule has 2 aliphatic heterocycles. The molecule has 0 amide bonds. The Balaban J connectivity index is 0.000000162. The zero-order valence-electron chi connectivity index (χ0n) is 9.01. The second-order valence-electron chi connectivity index (χ2n) is 3.74. The molecule has 2 N–H and O–H groups in total. The van der Waals surface area contributed by atoms with Gasteiger partial charge in [0.05, 0.1) is 13.2 Å². The molecule has 2 heterocycles. The highest BCUT2D eigenvalue weighted by Gasteiger charge is 2.31. The van der Waals surface area contributed by atoms with Crippen molar-refractivity contribution in [3.05, 3.63) is 0 Å². The van der Waals surface area contributed by atoms with Crippen LogP contribution in [-0.4, -0.2) is 55.0 Å². The van der Waals surface area contributed by atoms with E-state index in [2.05, 4.69) is 9.47 Å². The summed E-state index contributed by atoms with van der Waals surface area (Å²) >= 11 is 0. The SMILES string of the molecule is CC1(C)OCC(CO)O1.OC1COCO1. The van der Waals surface area contributed by atoms with Gasteiger partial charge in [0.25, 0.3) is 0 Å². The maximum atomic E-state index is 8.59. The topological polar surface area (TPSA) is 77.4 Å². The zero-order chi connectivity index (χ0) is 11.3. The number of rotatable bonds is 1. The van der Waals surface area contributed by atoms with Crippen LogP contribution in [0.25, 0.3) is 0 Å². The molecule has 2 fully saturated rings. The number of aliphatic hydroxyl groups is 2. The Morgan fingerprint density at radius 1 is 1.33 bits per heavy atom. The number of ether oxygens (including phenoxy) is 4. The van der Waals surface area contributed by atoms with Crippen molar-refractivity contribution >= 4 is 0 Å². The normalized spacial score (nSPS) is 33.6. The third kappa shape index (κ3) is 4.87. The van der Waals surface area contributed by atoms with E-state index in [-0.39, 0.29) is 19.5 Å². The molecule has 15 heavy (non-hydrogen) atoms. The first-order chi connectivity index (χ1) is 7.03. The van der Waals surface area contributed by atoms with Gasteiger partial charge in [-0.3, -0.25) is 0 Å². The van der Waals surface area contributed by atoms with E-state index in [1.54, 1.807) is 0 Å². The first-order valence-corrected chi connectivity index (χ1v) is 4.83. The standard InChI is InChI=1S/C6H12O3.C3H6O3/c1-6(2)8-4-5(3-7)9-6;4-3-1-5-2-6-3/h5,7H,3-4H2,1-2H3;3-4H,1-2H2. The summed E-state index contributed by atoms with van der Waals surface area (Å²) in [6.07, 6.45) is -0.801. The maximum absolute atomic E-state index is 8.59. The minimum Gasteiger partial charge on any atom is -0.394 e. The highest BCUT2D eigenvalue weighted by atomic mass is 16.8. The van der Waals surface area contributed by atoms with Crippen molar-refractivity contribution in [1.82, 2.24) is 0 Å². The van der Waals surface area contributed by atoms with Gasteiger partial charge in [-0.05, 0) is 13.8 Å². The average molecular weight is 222 g/mol. The number of hydrogen-bond donors (Lipinski definition) is 2. The predicted molar refractivity (Wildman–Crippen MR) is 49.9 cm³/mol. The first kappa shape index (κ1) is 12.8. The highest BCUT2D eigenvalue weighted by Crippen LogP contribution is 2.21. The van der Waals surface area contributed by atoms with Crippen LogP contribution in [0.3, 0.4) is 0 Å². The highest BCUT2D eigenvalue weighted by molar-refractivity contribution is 4.69. The van der Waals surface area contributed by atoms with Crippen LogP contribution in [0.5, 0.6) is 0 Å². The van der Waals surface area contributed by atoms with Crippen molar-refractivity contribution in [3.63, 3.8) is 0 Å². The molecule has 2 saturated heterocycles. The fourth-order valence-corrected chi connectivity index (χ4v) is 1.18. The molecular weight excluding hydrogens is 204 g/mol. The monoisotopic (exact) mass is 222 g/mol. The summed E-state index contributed by atoms with van der Waals surface area (Å²) in [5.74, 6) is -0.493. The molecular formula is C9H18O6. The van der Waals surface area contributed by atoms with Gasteiger partial charge in [0.1, 0.15) is 19.5 Å². The van der Waals surface area contributed by atoms with E-state index in [9.17, 15) is 0 Å². The third-order valence-corrected chi connectivity index (χ3v) is 1.88. The molecule has 6 nitrogen and oxygen atoms in total. The van der Waals surface area contributed by atoms with Gasteiger partial charge in [-0.1, -0.05) is 0 Å². The molecule has 2 atom stereocenters. The van der Waals surface area contributed by atoms with Gasteiger partial charge in [-0.25, -0.2) is 0 Å². The van der Waals surface area contributed by atoms with Crippen LogP contribution in [0.1, 0.15) is 13.8 Å². The lowest BCUT2D eigenvalue weighted by molar-refractivity contribution is -0.142. The van der Waals surface area contributed by atoms with Gasteiger partial charge in [0.15, 0.2) is 12.1 Å². The third-order valence-electron chi connectivity index (χ3n) is 1.88. The van der Waals surface area contributed by atoms with Gasteiger partial charge in [0, 0.05) is 0 Å². The minimum absolute atomic E-state index is 0.0451. The van der Waals surface area contributed by atoms with E-state index >= 15 is 0 Å². The molecule has 0 aromatic rings. The van der Waals surface area contributed by atoms with E-state index in [0.29, 0.717) is 13.2 Å². The Kier molecular flexibility index (Phi) is 4.91. The van der Waals surface area contributed by atoms with Crippen LogP contribution in [0.15, 0.2) is 0 Å². The maximum Gasteiger partial charge on any atom is 0.181 e. The van der Waals surface area contributed by atoms with Gasteiger partial charge in [-0.15, -0.1) is 0 Å². The second kappa shape index (κ2) is 5.74. The lowest BCUT2D eigenvalue weighted by Gasteiger charge is -2.15. The molecule has 2 unspecified atom stereocenters. The number of aliphatic hydroxyl groups excluding tert-OH is 2. The molecule has 0 aliphatic carbocycles. The summed E-state index contributed by atoms with van der Waals surface area (Å²) in [5, 5.41) is 17.0. The Morgan fingerprint density at radius 2 is 2.07 bits per heavy atom. The Hall–Kier alpha value is -0.240. The summed E-state index contributed by atoms with van der Waals surface area (Å²) in [4.78, 5) is 0. The average Bonchev–Trinajstić information content (AvgIpc) is 2.75. The van der Waals surface area contributed by atoms with Gasteiger partial charge in [-0.2, -0.15) is 0 Å². The van der Waals surface area contributed by atoms with Crippen LogP contribution in [0.4, 0.5) is 0 Å². The summed E-state index contributed by atoms with van der Waals surface area (Å²) in [6, 6.07) is 0. The lowest BCUT2D eigenvalue weighted by Crippen LogP contribution is -2.22. The van der Waals surface area contributed by atoms with Gasteiger partial charge < -0.3 is 29.2 Å². The summed E-state index contributed by atoms with van der Waals surface area (Å²) in [6.45, 7) is 4.78. The molecule has 0 saturated carbocycles. The molecule has 0 aromatic carbocycles. The van der Waals surface area contributed by atoms with E-state index < -0.39 is 12.1 Å². The summed E-state index contributed by atoms with van der Waals surface area (Å²) in [5.41, 5.74) is 0. The fourth-order valence-electron chi connectivity index (χ4n) is 1.18. The largest absolute Gasteiger partial charge is 0.394 e. The van der Waals surface area contributed by atoms with Crippen LogP contribution in [0.2, 0.25) is 0 Å². The van der Waals surface area contributed by atoms with Gasteiger partial charge >= 0.3 is 0 Å². The minimum atomic E-state index is -0.676. The molecule has 2 aliphatic rings. The lowest BCUT2D eigenvalue weighted by atomic mass is 10.4. The predicted octanol–water partition coefficient (Wildman–Crippen LogP) is -0.561. The summed E-state index contributed by atoms with van der Waals surface area (Å²) in [7, 11) is 0. The second-order valence-corrected chi connectivity index (χ2v) is 3.74. The smallest absolute Gasteiger partial charge is 0.181 e. The van der Waals surface area contributed by atoms with Crippen molar-refractivity contribution in [2.75, 3.05) is 26.6 Å². The van der Waals surface area contributed by atoms with E-state index in [1.165, 1.54) is 0 Å². The van der Waals surface area contributed by atoms with Crippen molar-refractivity contribution in [2.24, 2.45) is 0 Å². The van der Waals surface area contributed by atoms with Crippen LogP contribution in [0, 0.1) is 0 Å². The van der Waals surface area contributed by atoms with Crippen molar-refractivity contribution in [3.8, 4) is 0 Å². The quantitative estimate of drug-likeness (QED) is 0.619. The Labute approximate surface area is 88.7 Å². The molecule has 90 valence electrons. The molecule has 0 bridgehead atoms. The first-order valence-electron chi connectivity index (χ1n) is 4.83. The molecule has 0 spiro atoms. The van der Waals surface area contributed by atoms with Gasteiger partial charge in [0.2, 0.25) is 0 Å². The van der Waals surface area contributed by atoms with E-state index in [4.69, 9.17) is 19.7 Å². The number of hydrogen-bond acceptors (Lipinski definition) is 6. The van der Waals surface area contributed by atoms with Crippen LogP contribution in [-0.2, 0) is 18.9 Å². The van der Waals surface area contributed by atoms with E-state index in [1.807, 2.05) is 13.8 Å². The van der Waals surface area contributed by atoms with Crippen molar-refractivity contribution < 1.29 is 29.2 Å². The molecule has 0 radical (unpaired) electrons. The Morgan fingerprint density at radius 3 is 2.27 bits per heavy atom. The summed E-state index contributed by atoms with van der Waals surface area (Å²) < 4.78 is 19.5. The Bertz CT molecular complexity index is 177. The molecule has 0 aromatic heterocycles. The van der Waals surface area contributed by atoms with Crippen LogP contribution >= 0.6 is 0 Å². The van der Waals surface area contributed by atoms with Crippen molar-refractivity contribution in [1.29, 1.82) is 0 Å².